The van der Waals surface area contributed by atoms with Crippen molar-refractivity contribution in [2.24, 2.45) is 5.10 Å². The highest BCUT2D eigenvalue weighted by molar-refractivity contribution is 5.92. The Morgan fingerprint density at radius 1 is 0.955 bits per heavy atom. The molecule has 0 atom stereocenters. The molecule has 0 radical (unpaired) electrons. The molecule has 2 heterocycles. The molecule has 44 heavy (non-hydrogen) atoms. The van der Waals surface area contributed by atoms with Gasteiger partial charge in [-0.15, -0.1) is 0 Å². The Morgan fingerprint density at radius 3 is 2.36 bits per heavy atom. The summed E-state index contributed by atoms with van der Waals surface area (Å²) in [7, 11) is 1.38. The molecule has 0 fully saturated rings. The first-order valence-electron chi connectivity index (χ1n) is 13.7. The topological polar surface area (TPSA) is 130 Å². The van der Waals surface area contributed by atoms with Crippen molar-refractivity contribution in [3.63, 3.8) is 0 Å². The van der Waals surface area contributed by atoms with E-state index in [2.05, 4.69) is 41.1 Å². The second kappa shape index (κ2) is 13.4. The summed E-state index contributed by atoms with van der Waals surface area (Å²) in [5, 5.41) is 15.7. The van der Waals surface area contributed by atoms with E-state index in [1.165, 1.54) is 31.5 Å². The fourth-order valence-corrected chi connectivity index (χ4v) is 4.56. The molecule has 0 saturated carbocycles. The number of nitro groups is 1. The van der Waals surface area contributed by atoms with Gasteiger partial charge in [0, 0.05) is 28.7 Å². The van der Waals surface area contributed by atoms with Crippen LogP contribution in [-0.2, 0) is 13.2 Å². The summed E-state index contributed by atoms with van der Waals surface area (Å²) in [6, 6.07) is 27.1. The van der Waals surface area contributed by atoms with E-state index in [0.717, 1.165) is 22.6 Å². The first-order valence-corrected chi connectivity index (χ1v) is 13.7. The van der Waals surface area contributed by atoms with E-state index < -0.39 is 10.8 Å². The Kier molecular flexibility index (Phi) is 9.05. The fraction of sp³-hybridized carbons (Fsp3) is 0.152. The monoisotopic (exact) mass is 594 g/mol. The largest absolute Gasteiger partial charge is 0.493 e. The highest BCUT2D eigenvalue weighted by Crippen LogP contribution is 2.38. The first kappa shape index (κ1) is 29.6. The average Bonchev–Trinajstić information content (AvgIpc) is 3.65. The highest BCUT2D eigenvalue weighted by atomic mass is 16.6. The molecule has 0 spiro atoms. The van der Waals surface area contributed by atoms with Gasteiger partial charge in [0.2, 0.25) is 5.75 Å². The predicted octanol–water partition coefficient (Wildman–Crippen LogP) is 6.53. The van der Waals surface area contributed by atoms with Crippen molar-refractivity contribution in [2.45, 2.75) is 27.1 Å². The van der Waals surface area contributed by atoms with Gasteiger partial charge in [0.05, 0.1) is 18.2 Å². The van der Waals surface area contributed by atoms with E-state index in [4.69, 9.17) is 18.6 Å². The molecule has 0 aliphatic carbocycles. The fourth-order valence-electron chi connectivity index (χ4n) is 4.56. The number of benzene rings is 3. The lowest BCUT2D eigenvalue weighted by atomic mass is 10.1. The minimum absolute atomic E-state index is 0.00471. The third-order valence-corrected chi connectivity index (χ3v) is 6.71. The molecule has 11 heteroatoms. The summed E-state index contributed by atoms with van der Waals surface area (Å²) in [6.45, 7) is 4.35. The molecule has 0 bridgehead atoms. The molecule has 5 aromatic rings. The highest BCUT2D eigenvalue weighted by Gasteiger charge is 2.22. The number of ether oxygens (including phenoxy) is 3. The maximum absolute atomic E-state index is 12.6. The maximum Gasteiger partial charge on any atom is 0.315 e. The van der Waals surface area contributed by atoms with Crippen LogP contribution in [-0.4, -0.2) is 28.7 Å². The Balaban J connectivity index is 1.18. The second-order valence-electron chi connectivity index (χ2n) is 9.80. The van der Waals surface area contributed by atoms with Crippen LogP contribution in [0.2, 0.25) is 0 Å². The normalized spacial score (nSPS) is 11.0. The molecule has 0 aliphatic heterocycles. The molecule has 0 unspecified atom stereocenters. The number of hydrogen-bond donors (Lipinski definition) is 1. The number of aryl methyl sites for hydroxylation is 2. The second-order valence-corrected chi connectivity index (χ2v) is 9.80. The zero-order valence-corrected chi connectivity index (χ0v) is 24.4. The van der Waals surface area contributed by atoms with Crippen LogP contribution in [0.25, 0.3) is 5.69 Å². The first-order chi connectivity index (χ1) is 21.3. The lowest BCUT2D eigenvalue weighted by molar-refractivity contribution is -0.386. The Hall–Kier alpha value is -5.84. The van der Waals surface area contributed by atoms with Crippen molar-refractivity contribution in [3.8, 4) is 22.9 Å². The zero-order chi connectivity index (χ0) is 31.1. The van der Waals surface area contributed by atoms with Gasteiger partial charge in [0.1, 0.15) is 24.7 Å². The van der Waals surface area contributed by atoms with Crippen LogP contribution in [0.15, 0.2) is 101 Å². The molecule has 3 aromatic carbocycles. The molecular weight excluding hydrogens is 564 g/mol. The third kappa shape index (κ3) is 6.96. The standard InChI is InChI=1S/C33H30N4O7/c1-22-9-10-23(2)36(22)26-11-13-27(14-12-26)42-21-28-15-16-30(44-28)33(38)35-34-19-25-17-29(37(39)40)32(31(18-25)41-3)43-20-24-7-5-4-6-8-24/h4-19H,20-21H2,1-3H3,(H,35,38)/b34-19+. The van der Waals surface area contributed by atoms with E-state index >= 15 is 0 Å². The van der Waals surface area contributed by atoms with Crippen LogP contribution in [0.1, 0.15) is 38.8 Å². The number of furan rings is 1. The molecule has 0 aliphatic rings. The van der Waals surface area contributed by atoms with Gasteiger partial charge in [0.15, 0.2) is 11.5 Å². The van der Waals surface area contributed by atoms with Crippen molar-refractivity contribution in [1.82, 2.24) is 9.99 Å². The van der Waals surface area contributed by atoms with E-state index in [1.54, 1.807) is 6.07 Å². The zero-order valence-electron chi connectivity index (χ0n) is 24.4. The summed E-state index contributed by atoms with van der Waals surface area (Å²) < 4.78 is 24.7. The van der Waals surface area contributed by atoms with Crippen LogP contribution in [0.5, 0.6) is 17.2 Å². The molecule has 2 aromatic heterocycles. The molecule has 1 amide bonds. The smallest absolute Gasteiger partial charge is 0.315 e. The van der Waals surface area contributed by atoms with Crippen molar-refractivity contribution in [1.29, 1.82) is 0 Å². The van der Waals surface area contributed by atoms with E-state index in [9.17, 15) is 14.9 Å². The average molecular weight is 595 g/mol. The molecule has 0 saturated heterocycles. The number of hydrogen-bond acceptors (Lipinski definition) is 8. The molecule has 224 valence electrons. The molecular formula is C33H30N4O7. The van der Waals surface area contributed by atoms with Crippen LogP contribution < -0.4 is 19.6 Å². The van der Waals surface area contributed by atoms with E-state index in [0.29, 0.717) is 17.1 Å². The van der Waals surface area contributed by atoms with Gasteiger partial charge in [-0.2, -0.15) is 5.10 Å². The van der Waals surface area contributed by atoms with Crippen LogP contribution in [0, 0.1) is 24.0 Å². The van der Waals surface area contributed by atoms with Gasteiger partial charge in [-0.1, -0.05) is 30.3 Å². The van der Waals surface area contributed by atoms with Crippen molar-refractivity contribution >= 4 is 17.8 Å². The Bertz CT molecular complexity index is 1770. The quantitative estimate of drug-likeness (QED) is 0.0988. The SMILES string of the molecule is COc1cc(/C=N/NC(=O)c2ccc(COc3ccc(-n4c(C)ccc4C)cc3)o2)cc([N+](=O)[O-])c1OCc1ccccc1. The minimum atomic E-state index is -0.599. The number of nitrogens with one attached hydrogen (secondary N) is 1. The van der Waals surface area contributed by atoms with Crippen molar-refractivity contribution in [2.75, 3.05) is 7.11 Å². The predicted molar refractivity (Wildman–Crippen MR) is 164 cm³/mol. The van der Waals surface area contributed by atoms with Gasteiger partial charge in [-0.05, 0) is 74.0 Å². The molecule has 5 rings (SSSR count). The summed E-state index contributed by atoms with van der Waals surface area (Å²) in [5.41, 5.74) is 6.56. The van der Waals surface area contributed by atoms with Crippen molar-refractivity contribution in [3.05, 3.63) is 135 Å². The maximum atomic E-state index is 12.6. The van der Waals surface area contributed by atoms with Crippen LogP contribution in [0.3, 0.4) is 0 Å². The number of rotatable bonds is 12. The van der Waals surface area contributed by atoms with E-state index in [-0.39, 0.29) is 36.2 Å². The number of nitrogens with zero attached hydrogens (tertiary/aromatic N) is 3. The molecule has 1 N–H and O–H groups in total. The van der Waals surface area contributed by atoms with Crippen LogP contribution >= 0.6 is 0 Å². The Labute approximate surface area is 253 Å². The number of methoxy groups -OCH3 is 1. The van der Waals surface area contributed by atoms with Crippen LogP contribution in [0.4, 0.5) is 5.69 Å². The number of carbonyl (C=O) groups excluding carboxylic acids is 1. The summed E-state index contributed by atoms with van der Waals surface area (Å²) in [5.74, 6) is 0.690. The third-order valence-electron chi connectivity index (χ3n) is 6.71. The number of aromatic nitrogens is 1. The lowest BCUT2D eigenvalue weighted by Gasteiger charge is -2.12. The number of nitro benzene ring substituents is 1. The van der Waals surface area contributed by atoms with Gasteiger partial charge in [-0.25, -0.2) is 5.43 Å². The minimum Gasteiger partial charge on any atom is -0.493 e. The van der Waals surface area contributed by atoms with Gasteiger partial charge in [0.25, 0.3) is 0 Å². The summed E-state index contributed by atoms with van der Waals surface area (Å²) in [4.78, 5) is 23.8. The van der Waals surface area contributed by atoms with Crippen molar-refractivity contribution < 1.29 is 28.3 Å². The van der Waals surface area contributed by atoms with Gasteiger partial charge in [-0.3, -0.25) is 14.9 Å². The molecule has 11 nitrogen and oxygen atoms in total. The van der Waals surface area contributed by atoms with Gasteiger partial charge >= 0.3 is 11.6 Å². The number of hydrazone groups is 1. The van der Waals surface area contributed by atoms with E-state index in [1.807, 2.05) is 54.6 Å². The Morgan fingerprint density at radius 2 is 1.68 bits per heavy atom. The lowest BCUT2D eigenvalue weighted by Crippen LogP contribution is -2.16. The number of amides is 1. The number of carbonyl (C=O) groups is 1. The summed E-state index contributed by atoms with van der Waals surface area (Å²) in [6.07, 6.45) is 1.27. The van der Waals surface area contributed by atoms with Gasteiger partial charge < -0.3 is 23.2 Å². The summed E-state index contributed by atoms with van der Waals surface area (Å²) >= 11 is 0.